The van der Waals surface area contributed by atoms with Crippen molar-refractivity contribution in [2.45, 2.75) is 32.4 Å². The molecule has 1 aromatic carbocycles. The van der Waals surface area contributed by atoms with Gasteiger partial charge in [-0.3, -0.25) is 0 Å². The van der Waals surface area contributed by atoms with Gasteiger partial charge < -0.3 is 15.2 Å². The molecule has 1 unspecified atom stereocenters. The number of nitrogens with one attached hydrogen (secondary N) is 1. The van der Waals surface area contributed by atoms with Gasteiger partial charge in [-0.2, -0.15) is 0 Å². The van der Waals surface area contributed by atoms with Gasteiger partial charge in [0.2, 0.25) is 0 Å². The molecule has 0 bridgehead atoms. The zero-order chi connectivity index (χ0) is 15.5. The molecule has 2 N–H and O–H groups in total. The second kappa shape index (κ2) is 6.21. The van der Waals surface area contributed by atoms with Crippen LogP contribution >= 0.6 is 15.9 Å². The van der Waals surface area contributed by atoms with Crippen molar-refractivity contribution in [2.24, 2.45) is 0 Å². The van der Waals surface area contributed by atoms with Crippen LogP contribution in [0.2, 0.25) is 0 Å². The fraction of sp³-hybridized carbons (Fsp3) is 0.385. The lowest BCUT2D eigenvalue weighted by Crippen LogP contribution is -2.38. The van der Waals surface area contributed by atoms with Crippen molar-refractivity contribution < 1.29 is 23.8 Å². The van der Waals surface area contributed by atoms with E-state index in [1.54, 1.807) is 20.8 Å². The first kappa shape index (κ1) is 16.4. The molecule has 0 radical (unpaired) electrons. The molecule has 1 aromatic rings. The number of carboxylic acids is 1. The van der Waals surface area contributed by atoms with Gasteiger partial charge in [0.05, 0.1) is 0 Å². The van der Waals surface area contributed by atoms with Crippen molar-refractivity contribution >= 4 is 28.0 Å². The van der Waals surface area contributed by atoms with Crippen LogP contribution in [0.4, 0.5) is 9.18 Å². The Hall–Kier alpha value is -1.63. The Bertz CT molecular complexity index is 528. The van der Waals surface area contributed by atoms with E-state index in [0.717, 1.165) is 6.07 Å². The molecule has 5 nitrogen and oxygen atoms in total. The predicted molar refractivity (Wildman–Crippen MR) is 73.8 cm³/mol. The fourth-order valence-electron chi connectivity index (χ4n) is 1.43. The molecule has 1 atom stereocenters. The van der Waals surface area contributed by atoms with Crippen LogP contribution < -0.4 is 5.32 Å². The zero-order valence-corrected chi connectivity index (χ0v) is 12.8. The number of alkyl carbamates (subject to hydrolysis) is 1. The van der Waals surface area contributed by atoms with E-state index in [0.29, 0.717) is 4.47 Å². The minimum Gasteiger partial charge on any atom is -0.479 e. The van der Waals surface area contributed by atoms with E-state index in [-0.39, 0.29) is 5.56 Å². The minimum atomic E-state index is -1.52. The maximum Gasteiger partial charge on any atom is 0.408 e. The monoisotopic (exact) mass is 347 g/mol. The standard InChI is InChI=1S/C13H15BrFNO4/c1-13(2,3)20-12(19)16-10(11(17)18)8-5-4-7(14)6-9(8)15/h4-6,10H,1-3H3,(H,16,19)(H,17,18). The molecule has 0 spiro atoms. The van der Waals surface area contributed by atoms with Crippen molar-refractivity contribution in [2.75, 3.05) is 0 Å². The molecule has 7 heteroatoms. The Labute approximate surface area is 124 Å². The lowest BCUT2D eigenvalue weighted by Gasteiger charge is -2.22. The van der Waals surface area contributed by atoms with Gasteiger partial charge in [-0.15, -0.1) is 0 Å². The molecule has 0 aliphatic heterocycles. The highest BCUT2D eigenvalue weighted by molar-refractivity contribution is 9.10. The lowest BCUT2D eigenvalue weighted by molar-refractivity contribution is -0.139. The van der Waals surface area contributed by atoms with Gasteiger partial charge in [-0.05, 0) is 32.9 Å². The molecule has 1 amide bonds. The molecule has 1 rings (SSSR count). The highest BCUT2D eigenvalue weighted by Gasteiger charge is 2.27. The van der Waals surface area contributed by atoms with Crippen LogP contribution in [0, 0.1) is 5.82 Å². The summed E-state index contributed by atoms with van der Waals surface area (Å²) >= 11 is 3.07. The predicted octanol–water partition coefficient (Wildman–Crippen LogP) is 3.24. The van der Waals surface area contributed by atoms with E-state index < -0.39 is 29.5 Å². The van der Waals surface area contributed by atoms with Gasteiger partial charge >= 0.3 is 12.1 Å². The summed E-state index contributed by atoms with van der Waals surface area (Å²) in [6.07, 6.45) is -0.924. The Morgan fingerprint density at radius 3 is 2.45 bits per heavy atom. The molecule has 0 saturated heterocycles. The summed E-state index contributed by atoms with van der Waals surface area (Å²) in [6, 6.07) is 2.39. The van der Waals surface area contributed by atoms with Gasteiger partial charge in [0.1, 0.15) is 11.4 Å². The van der Waals surface area contributed by atoms with Crippen LogP contribution in [0.5, 0.6) is 0 Å². The first-order valence-electron chi connectivity index (χ1n) is 5.77. The van der Waals surface area contributed by atoms with Gasteiger partial charge in [0, 0.05) is 10.0 Å². The number of benzene rings is 1. The van der Waals surface area contributed by atoms with Crippen LogP contribution in [-0.4, -0.2) is 22.8 Å². The minimum absolute atomic E-state index is 0.147. The Balaban J connectivity index is 2.96. The Morgan fingerprint density at radius 2 is 2.00 bits per heavy atom. The fourth-order valence-corrected chi connectivity index (χ4v) is 1.77. The summed E-state index contributed by atoms with van der Waals surface area (Å²) in [7, 11) is 0. The quantitative estimate of drug-likeness (QED) is 0.879. The number of hydrogen-bond acceptors (Lipinski definition) is 3. The van der Waals surface area contributed by atoms with Crippen LogP contribution in [-0.2, 0) is 9.53 Å². The van der Waals surface area contributed by atoms with Gasteiger partial charge in [0.15, 0.2) is 6.04 Å². The Morgan fingerprint density at radius 1 is 1.40 bits per heavy atom. The first-order valence-corrected chi connectivity index (χ1v) is 6.57. The van der Waals surface area contributed by atoms with Crippen LogP contribution in [0.25, 0.3) is 0 Å². The van der Waals surface area contributed by atoms with Crippen molar-refractivity contribution in [1.82, 2.24) is 5.32 Å². The summed E-state index contributed by atoms with van der Waals surface area (Å²) in [5, 5.41) is 11.3. The molecule has 0 heterocycles. The number of carbonyl (C=O) groups excluding carboxylic acids is 1. The molecule has 0 aliphatic carbocycles. The number of amides is 1. The molecule has 0 aliphatic rings. The highest BCUT2D eigenvalue weighted by atomic mass is 79.9. The molecule has 110 valence electrons. The van der Waals surface area contributed by atoms with E-state index in [1.165, 1.54) is 12.1 Å². The molecule has 0 fully saturated rings. The number of hydrogen-bond donors (Lipinski definition) is 2. The SMILES string of the molecule is CC(C)(C)OC(=O)NC(C(=O)O)c1ccc(Br)cc1F. The number of ether oxygens (including phenoxy) is 1. The number of aliphatic carboxylic acids is 1. The largest absolute Gasteiger partial charge is 0.479 e. The van der Waals surface area contributed by atoms with Crippen molar-refractivity contribution in [3.8, 4) is 0 Å². The van der Waals surface area contributed by atoms with Gasteiger partial charge in [-0.1, -0.05) is 22.0 Å². The number of carbonyl (C=O) groups is 2. The second-order valence-electron chi connectivity index (χ2n) is 5.08. The molecular weight excluding hydrogens is 333 g/mol. The second-order valence-corrected chi connectivity index (χ2v) is 6.00. The van der Waals surface area contributed by atoms with E-state index in [2.05, 4.69) is 21.2 Å². The van der Waals surface area contributed by atoms with Crippen molar-refractivity contribution in [3.05, 3.63) is 34.1 Å². The molecule has 0 aromatic heterocycles. The first-order chi connectivity index (χ1) is 9.10. The maximum atomic E-state index is 13.8. The molecule has 20 heavy (non-hydrogen) atoms. The number of rotatable bonds is 3. The lowest BCUT2D eigenvalue weighted by atomic mass is 10.1. The summed E-state index contributed by atoms with van der Waals surface area (Å²) in [6.45, 7) is 4.92. The average Bonchev–Trinajstić information content (AvgIpc) is 2.23. The van der Waals surface area contributed by atoms with Crippen LogP contribution in [0.15, 0.2) is 22.7 Å². The third-order valence-electron chi connectivity index (χ3n) is 2.18. The summed E-state index contributed by atoms with van der Waals surface area (Å²) in [5.41, 5.74) is -0.919. The highest BCUT2D eigenvalue weighted by Crippen LogP contribution is 2.22. The summed E-state index contributed by atoms with van der Waals surface area (Å²) in [5.74, 6) is -2.11. The van der Waals surface area contributed by atoms with Crippen LogP contribution in [0.3, 0.4) is 0 Å². The summed E-state index contributed by atoms with van der Waals surface area (Å²) in [4.78, 5) is 22.8. The number of halogens is 2. The average molecular weight is 348 g/mol. The smallest absolute Gasteiger partial charge is 0.408 e. The van der Waals surface area contributed by atoms with E-state index in [4.69, 9.17) is 9.84 Å². The van der Waals surface area contributed by atoms with Crippen molar-refractivity contribution in [3.63, 3.8) is 0 Å². The molecule has 0 saturated carbocycles. The normalized spacial score (nSPS) is 12.7. The van der Waals surface area contributed by atoms with E-state index >= 15 is 0 Å². The molecular formula is C13H15BrFNO4. The topological polar surface area (TPSA) is 75.6 Å². The zero-order valence-electron chi connectivity index (χ0n) is 11.2. The Kier molecular flexibility index (Phi) is 5.10. The van der Waals surface area contributed by atoms with Crippen molar-refractivity contribution in [1.29, 1.82) is 0 Å². The van der Waals surface area contributed by atoms with E-state index in [1.807, 2.05) is 0 Å². The van der Waals surface area contributed by atoms with E-state index in [9.17, 15) is 14.0 Å². The van der Waals surface area contributed by atoms with Gasteiger partial charge in [0.25, 0.3) is 0 Å². The van der Waals surface area contributed by atoms with Gasteiger partial charge in [-0.25, -0.2) is 14.0 Å². The third-order valence-corrected chi connectivity index (χ3v) is 2.67. The maximum absolute atomic E-state index is 13.8. The third kappa shape index (κ3) is 4.80. The summed E-state index contributed by atoms with van der Waals surface area (Å²) < 4.78 is 19.2. The number of carboxylic acid groups (broad SMARTS) is 1. The van der Waals surface area contributed by atoms with Crippen LogP contribution in [0.1, 0.15) is 32.4 Å².